The number of H-pyrrole nitrogens is 1. The van der Waals surface area contributed by atoms with Crippen molar-refractivity contribution in [3.05, 3.63) is 53.3 Å². The van der Waals surface area contributed by atoms with Crippen molar-refractivity contribution in [3.8, 4) is 0 Å². The highest BCUT2D eigenvalue weighted by atomic mass is 16.1. The van der Waals surface area contributed by atoms with Gasteiger partial charge in [-0.05, 0) is 11.6 Å². The lowest BCUT2D eigenvalue weighted by atomic mass is 10.2. The number of benzene rings is 1. The number of aromatic amines is 1. The first-order valence-electron chi connectivity index (χ1n) is 4.62. The van der Waals surface area contributed by atoms with E-state index in [4.69, 9.17) is 0 Å². The largest absolute Gasteiger partial charge is 0.298 e. The minimum atomic E-state index is 0.571. The van der Waals surface area contributed by atoms with Gasteiger partial charge in [-0.1, -0.05) is 36.4 Å². The Balaban J connectivity index is 2.22. The molecule has 0 aliphatic carbocycles. The van der Waals surface area contributed by atoms with Crippen LogP contribution < -0.4 is 0 Å². The van der Waals surface area contributed by atoms with Crippen molar-refractivity contribution in [2.75, 3.05) is 0 Å². The molecular formula is C12H10N2O. The Bertz CT molecular complexity index is 471. The number of nitrogens with one attached hydrogen (secondary N) is 1. The highest BCUT2D eigenvalue weighted by Crippen LogP contribution is 2.08. The molecule has 0 fully saturated rings. The number of hydrogen-bond acceptors (Lipinski definition) is 2. The number of hydrogen-bond donors (Lipinski definition) is 1. The van der Waals surface area contributed by atoms with Gasteiger partial charge in [0.05, 0.1) is 17.5 Å². The van der Waals surface area contributed by atoms with Crippen LogP contribution in [-0.2, 0) is 0 Å². The van der Waals surface area contributed by atoms with E-state index in [0.29, 0.717) is 5.56 Å². The summed E-state index contributed by atoms with van der Waals surface area (Å²) < 4.78 is 0. The van der Waals surface area contributed by atoms with Crippen molar-refractivity contribution < 1.29 is 4.79 Å². The smallest absolute Gasteiger partial charge is 0.153 e. The molecule has 1 heterocycles. The second-order valence-corrected chi connectivity index (χ2v) is 3.10. The predicted octanol–water partition coefficient (Wildman–Crippen LogP) is 2.39. The summed E-state index contributed by atoms with van der Waals surface area (Å²) in [5.74, 6) is 0. The molecule has 1 aromatic heterocycles. The lowest BCUT2D eigenvalue weighted by Gasteiger charge is -1.91. The molecule has 0 saturated carbocycles. The number of nitrogens with zero attached hydrogens (tertiary/aromatic N) is 1. The van der Waals surface area contributed by atoms with Gasteiger partial charge in [0.2, 0.25) is 0 Å². The van der Waals surface area contributed by atoms with Crippen LogP contribution in [-0.4, -0.2) is 16.5 Å². The molecule has 1 aromatic carbocycles. The highest BCUT2D eigenvalue weighted by molar-refractivity contribution is 5.83. The molecule has 0 radical (unpaired) electrons. The fourth-order valence-corrected chi connectivity index (χ4v) is 1.28. The molecule has 2 rings (SSSR count). The molecule has 0 aliphatic heterocycles. The van der Waals surface area contributed by atoms with E-state index >= 15 is 0 Å². The van der Waals surface area contributed by atoms with Crippen molar-refractivity contribution in [1.82, 2.24) is 10.2 Å². The lowest BCUT2D eigenvalue weighted by Crippen LogP contribution is -1.80. The molecule has 0 bridgehead atoms. The second kappa shape index (κ2) is 4.37. The first-order valence-corrected chi connectivity index (χ1v) is 4.62. The summed E-state index contributed by atoms with van der Waals surface area (Å²) in [7, 11) is 0. The van der Waals surface area contributed by atoms with Crippen LogP contribution in [0.3, 0.4) is 0 Å². The summed E-state index contributed by atoms with van der Waals surface area (Å²) in [4.78, 5) is 10.6. The predicted molar refractivity (Wildman–Crippen MR) is 59.3 cm³/mol. The zero-order valence-electron chi connectivity index (χ0n) is 8.05. The van der Waals surface area contributed by atoms with E-state index in [2.05, 4.69) is 10.2 Å². The van der Waals surface area contributed by atoms with E-state index in [9.17, 15) is 4.79 Å². The van der Waals surface area contributed by atoms with Gasteiger partial charge in [0.25, 0.3) is 0 Å². The van der Waals surface area contributed by atoms with Crippen molar-refractivity contribution in [2.24, 2.45) is 0 Å². The van der Waals surface area contributed by atoms with Crippen LogP contribution in [0.1, 0.15) is 21.6 Å². The number of aromatic nitrogens is 2. The molecule has 0 spiro atoms. The molecule has 0 aliphatic rings. The van der Waals surface area contributed by atoms with E-state index in [1.54, 1.807) is 0 Å². The first-order chi connectivity index (χ1) is 7.40. The molecule has 15 heavy (non-hydrogen) atoms. The molecule has 0 atom stereocenters. The van der Waals surface area contributed by atoms with Crippen molar-refractivity contribution in [1.29, 1.82) is 0 Å². The van der Waals surface area contributed by atoms with Gasteiger partial charge in [0.15, 0.2) is 6.29 Å². The number of carbonyl (C=O) groups is 1. The van der Waals surface area contributed by atoms with E-state index in [0.717, 1.165) is 17.5 Å². The normalized spacial score (nSPS) is 10.7. The third-order valence-electron chi connectivity index (χ3n) is 2.07. The van der Waals surface area contributed by atoms with Crippen LogP contribution in [0.15, 0.2) is 36.5 Å². The van der Waals surface area contributed by atoms with E-state index < -0.39 is 0 Å². The van der Waals surface area contributed by atoms with Gasteiger partial charge in [-0.15, -0.1) is 0 Å². The van der Waals surface area contributed by atoms with Gasteiger partial charge in [-0.25, -0.2) is 0 Å². The van der Waals surface area contributed by atoms with Gasteiger partial charge < -0.3 is 0 Å². The molecule has 3 nitrogen and oxygen atoms in total. The molecule has 2 aromatic rings. The Morgan fingerprint density at radius 1 is 1.13 bits per heavy atom. The maximum Gasteiger partial charge on any atom is 0.153 e. The van der Waals surface area contributed by atoms with Gasteiger partial charge in [0, 0.05) is 0 Å². The standard InChI is InChI=1S/C12H10N2O/c15-9-11-8-13-14-12(11)7-6-10-4-2-1-3-5-10/h1-9H,(H,13,14)/b7-6+. The quantitative estimate of drug-likeness (QED) is 0.769. The maximum atomic E-state index is 10.6. The van der Waals surface area contributed by atoms with Crippen LogP contribution >= 0.6 is 0 Å². The van der Waals surface area contributed by atoms with Gasteiger partial charge in [0.1, 0.15) is 0 Å². The number of carbonyl (C=O) groups excluding carboxylic acids is 1. The van der Waals surface area contributed by atoms with Crippen LogP contribution in [0.4, 0.5) is 0 Å². The van der Waals surface area contributed by atoms with Gasteiger partial charge in [-0.3, -0.25) is 9.89 Å². The monoisotopic (exact) mass is 198 g/mol. The van der Waals surface area contributed by atoms with Gasteiger partial charge >= 0.3 is 0 Å². The fourth-order valence-electron chi connectivity index (χ4n) is 1.28. The van der Waals surface area contributed by atoms with Crippen molar-refractivity contribution >= 4 is 18.4 Å². The minimum Gasteiger partial charge on any atom is -0.298 e. The average Bonchev–Trinajstić information content (AvgIpc) is 2.75. The van der Waals surface area contributed by atoms with Gasteiger partial charge in [-0.2, -0.15) is 5.10 Å². The summed E-state index contributed by atoms with van der Waals surface area (Å²) in [5.41, 5.74) is 2.39. The zero-order valence-corrected chi connectivity index (χ0v) is 8.05. The Morgan fingerprint density at radius 3 is 2.67 bits per heavy atom. The van der Waals surface area contributed by atoms with E-state index in [-0.39, 0.29) is 0 Å². The Labute approximate surface area is 87.5 Å². The summed E-state index contributed by atoms with van der Waals surface area (Å²) in [6.07, 6.45) is 6.07. The van der Waals surface area contributed by atoms with Crippen LogP contribution in [0.25, 0.3) is 12.2 Å². The molecule has 3 heteroatoms. The van der Waals surface area contributed by atoms with Crippen LogP contribution in [0.5, 0.6) is 0 Å². The average molecular weight is 198 g/mol. The molecular weight excluding hydrogens is 188 g/mol. The van der Waals surface area contributed by atoms with Crippen LogP contribution in [0, 0.1) is 0 Å². The lowest BCUT2D eigenvalue weighted by molar-refractivity contribution is 0.112. The number of rotatable bonds is 3. The SMILES string of the molecule is O=Cc1cn[nH]c1/C=C/c1ccccc1. The summed E-state index contributed by atoms with van der Waals surface area (Å²) in [5, 5.41) is 6.56. The maximum absolute atomic E-state index is 10.6. The summed E-state index contributed by atoms with van der Waals surface area (Å²) >= 11 is 0. The van der Waals surface area contributed by atoms with E-state index in [1.165, 1.54) is 6.20 Å². The Morgan fingerprint density at radius 2 is 1.93 bits per heavy atom. The molecule has 0 unspecified atom stereocenters. The fraction of sp³-hybridized carbons (Fsp3) is 0. The molecule has 74 valence electrons. The third kappa shape index (κ3) is 2.20. The molecule has 0 amide bonds. The second-order valence-electron chi connectivity index (χ2n) is 3.10. The topological polar surface area (TPSA) is 45.8 Å². The van der Waals surface area contributed by atoms with Crippen molar-refractivity contribution in [2.45, 2.75) is 0 Å². The van der Waals surface area contributed by atoms with Crippen LogP contribution in [0.2, 0.25) is 0 Å². The first kappa shape index (κ1) is 9.40. The summed E-state index contributed by atoms with van der Waals surface area (Å²) in [6, 6.07) is 9.88. The zero-order chi connectivity index (χ0) is 10.5. The summed E-state index contributed by atoms with van der Waals surface area (Å²) in [6.45, 7) is 0. The third-order valence-corrected chi connectivity index (χ3v) is 2.07. The molecule has 0 saturated heterocycles. The highest BCUT2D eigenvalue weighted by Gasteiger charge is 1.98. The van der Waals surface area contributed by atoms with Crippen molar-refractivity contribution in [3.63, 3.8) is 0 Å². The Kier molecular flexibility index (Phi) is 2.74. The minimum absolute atomic E-state index is 0.571. The Hall–Kier alpha value is -2.16. The molecule has 1 N–H and O–H groups in total. The number of aldehydes is 1. The van der Waals surface area contributed by atoms with E-state index in [1.807, 2.05) is 42.5 Å².